The molecular formula is C57H96O6. The van der Waals surface area contributed by atoms with Crippen LogP contribution in [0.1, 0.15) is 239 Å². The van der Waals surface area contributed by atoms with E-state index in [1.165, 1.54) is 89.9 Å². The summed E-state index contributed by atoms with van der Waals surface area (Å²) < 4.78 is 16.7. The predicted molar refractivity (Wildman–Crippen MR) is 270 cm³/mol. The number of ether oxygens (including phenoxy) is 3. The number of unbranched alkanes of at least 4 members (excludes halogenated alkanes) is 21. The molecule has 0 aromatic heterocycles. The molecule has 0 aliphatic heterocycles. The van der Waals surface area contributed by atoms with Gasteiger partial charge in [-0.05, 0) is 122 Å². The van der Waals surface area contributed by atoms with Gasteiger partial charge in [0.1, 0.15) is 13.2 Å². The predicted octanol–water partition coefficient (Wildman–Crippen LogP) is 17.2. The first-order valence-corrected chi connectivity index (χ1v) is 26.1. The van der Waals surface area contributed by atoms with Gasteiger partial charge in [0, 0.05) is 19.3 Å². The highest BCUT2D eigenvalue weighted by Crippen LogP contribution is 2.12. The first-order chi connectivity index (χ1) is 31.0. The fourth-order valence-electron chi connectivity index (χ4n) is 6.86. The van der Waals surface area contributed by atoms with E-state index in [-0.39, 0.29) is 37.5 Å². The Hall–Kier alpha value is -3.41. The summed E-state index contributed by atoms with van der Waals surface area (Å²) in [5.41, 5.74) is 0. The second-order valence-corrected chi connectivity index (χ2v) is 17.1. The Kier molecular flexibility index (Phi) is 48.5. The van der Waals surface area contributed by atoms with E-state index in [0.29, 0.717) is 19.3 Å². The lowest BCUT2D eigenvalue weighted by Crippen LogP contribution is -2.30. The van der Waals surface area contributed by atoms with Crippen LogP contribution < -0.4 is 0 Å². The van der Waals surface area contributed by atoms with E-state index in [9.17, 15) is 14.4 Å². The third-order valence-corrected chi connectivity index (χ3v) is 10.8. The molecule has 0 fully saturated rings. The Labute approximate surface area is 388 Å². The van der Waals surface area contributed by atoms with Crippen LogP contribution in [0, 0.1) is 0 Å². The highest BCUT2D eigenvalue weighted by molar-refractivity contribution is 5.71. The molecule has 0 bridgehead atoms. The number of esters is 3. The Bertz CT molecular complexity index is 1240. The SMILES string of the molecule is CCCCC/C=C\C/C=C\C/C=C\CCCCCCC(=O)OC[C@@H](COC(=O)CCCCCCC/C=C\CCCCCC)OC(=O)CCCC/C=C\C/C=C\C/C=C\CCCCC. The van der Waals surface area contributed by atoms with Crippen LogP contribution in [0.2, 0.25) is 0 Å². The Balaban J connectivity index is 4.50. The molecule has 0 spiro atoms. The van der Waals surface area contributed by atoms with Crippen molar-refractivity contribution in [2.24, 2.45) is 0 Å². The van der Waals surface area contributed by atoms with Crippen molar-refractivity contribution in [2.45, 2.75) is 245 Å². The summed E-state index contributed by atoms with van der Waals surface area (Å²) in [5.74, 6) is -0.975. The molecule has 0 saturated heterocycles. The van der Waals surface area contributed by atoms with Crippen LogP contribution in [0.4, 0.5) is 0 Å². The topological polar surface area (TPSA) is 78.9 Å². The normalized spacial score (nSPS) is 12.7. The molecule has 0 aromatic carbocycles. The lowest BCUT2D eigenvalue weighted by atomic mass is 10.1. The van der Waals surface area contributed by atoms with Crippen molar-refractivity contribution in [3.8, 4) is 0 Å². The maximum atomic E-state index is 12.8. The van der Waals surface area contributed by atoms with Crippen LogP contribution >= 0.6 is 0 Å². The number of hydrogen-bond acceptors (Lipinski definition) is 6. The molecule has 360 valence electrons. The van der Waals surface area contributed by atoms with Gasteiger partial charge in [-0.1, -0.05) is 183 Å². The first-order valence-electron chi connectivity index (χ1n) is 26.1. The summed E-state index contributed by atoms with van der Waals surface area (Å²) in [5, 5.41) is 0. The third-order valence-electron chi connectivity index (χ3n) is 10.8. The van der Waals surface area contributed by atoms with Crippen LogP contribution in [0.15, 0.2) is 85.1 Å². The molecule has 0 radical (unpaired) electrons. The van der Waals surface area contributed by atoms with Crippen LogP contribution in [-0.4, -0.2) is 37.2 Å². The molecule has 0 aliphatic carbocycles. The van der Waals surface area contributed by atoms with Gasteiger partial charge in [-0.25, -0.2) is 0 Å². The zero-order valence-electron chi connectivity index (χ0n) is 41.1. The number of hydrogen-bond donors (Lipinski definition) is 0. The van der Waals surface area contributed by atoms with E-state index in [2.05, 4.69) is 106 Å². The molecule has 1 atom stereocenters. The smallest absolute Gasteiger partial charge is 0.306 e. The van der Waals surface area contributed by atoms with E-state index >= 15 is 0 Å². The van der Waals surface area contributed by atoms with Gasteiger partial charge in [0.05, 0.1) is 0 Å². The zero-order chi connectivity index (χ0) is 45.8. The Morgan fingerprint density at radius 1 is 0.317 bits per heavy atom. The van der Waals surface area contributed by atoms with Crippen LogP contribution in [0.25, 0.3) is 0 Å². The van der Waals surface area contributed by atoms with E-state index in [4.69, 9.17) is 14.2 Å². The lowest BCUT2D eigenvalue weighted by molar-refractivity contribution is -0.167. The van der Waals surface area contributed by atoms with Gasteiger partial charge in [0.2, 0.25) is 0 Å². The van der Waals surface area contributed by atoms with E-state index < -0.39 is 6.10 Å². The summed E-state index contributed by atoms with van der Waals surface area (Å²) >= 11 is 0. The summed E-state index contributed by atoms with van der Waals surface area (Å²) in [6.45, 7) is 6.50. The molecule has 0 unspecified atom stereocenters. The number of allylic oxidation sites excluding steroid dienone is 14. The van der Waals surface area contributed by atoms with Gasteiger partial charge in [-0.2, -0.15) is 0 Å². The fourth-order valence-corrected chi connectivity index (χ4v) is 6.86. The standard InChI is InChI=1S/C57H96O6/c1-4-7-10-13-16-19-22-25-27-28-30-32-35-38-41-44-47-50-56(59)62-53-54(52-61-55(58)49-46-43-40-37-34-31-24-21-18-15-12-9-6-3)63-57(60)51-48-45-42-39-36-33-29-26-23-20-17-14-11-8-5-2/h16-17,19-21,24-27,29-30,32,36,39,54H,4-15,18,22-23,28,31,33-35,37-38,40-53H2,1-3H3/b19-16-,20-17-,24-21-,27-25-,29-26-,32-30-,39-36-/t54-/m1/s1. The van der Waals surface area contributed by atoms with Gasteiger partial charge in [0.25, 0.3) is 0 Å². The number of carbonyl (C=O) groups excluding carboxylic acids is 3. The largest absolute Gasteiger partial charge is 0.462 e. The molecule has 0 aliphatic rings. The van der Waals surface area contributed by atoms with Gasteiger partial charge >= 0.3 is 17.9 Å². The highest BCUT2D eigenvalue weighted by atomic mass is 16.6. The van der Waals surface area contributed by atoms with Gasteiger partial charge in [-0.3, -0.25) is 14.4 Å². The van der Waals surface area contributed by atoms with Crippen molar-refractivity contribution in [1.82, 2.24) is 0 Å². The van der Waals surface area contributed by atoms with Crippen molar-refractivity contribution in [2.75, 3.05) is 13.2 Å². The van der Waals surface area contributed by atoms with Crippen molar-refractivity contribution in [1.29, 1.82) is 0 Å². The Morgan fingerprint density at radius 3 is 0.968 bits per heavy atom. The molecular weight excluding hydrogens is 781 g/mol. The van der Waals surface area contributed by atoms with Crippen molar-refractivity contribution in [3.63, 3.8) is 0 Å². The van der Waals surface area contributed by atoms with E-state index in [1.807, 2.05) is 0 Å². The van der Waals surface area contributed by atoms with Gasteiger partial charge in [-0.15, -0.1) is 0 Å². The molecule has 0 saturated carbocycles. The average molecular weight is 877 g/mol. The quantitative estimate of drug-likeness (QED) is 0.0262. The summed E-state index contributed by atoms with van der Waals surface area (Å²) in [4.78, 5) is 38.0. The van der Waals surface area contributed by atoms with E-state index in [1.54, 1.807) is 0 Å². The maximum absolute atomic E-state index is 12.8. The second kappa shape index (κ2) is 51.2. The van der Waals surface area contributed by atoms with E-state index in [0.717, 1.165) is 103 Å². The molecule has 0 amide bonds. The van der Waals surface area contributed by atoms with Crippen molar-refractivity contribution >= 4 is 17.9 Å². The van der Waals surface area contributed by atoms with Crippen LogP contribution in [-0.2, 0) is 28.6 Å². The molecule has 6 nitrogen and oxygen atoms in total. The van der Waals surface area contributed by atoms with Crippen molar-refractivity contribution < 1.29 is 28.6 Å². The Morgan fingerprint density at radius 2 is 0.571 bits per heavy atom. The monoisotopic (exact) mass is 877 g/mol. The fraction of sp³-hybridized carbons (Fsp3) is 0.702. The number of carbonyl (C=O) groups is 3. The third kappa shape index (κ3) is 49.5. The maximum Gasteiger partial charge on any atom is 0.306 e. The molecule has 0 N–H and O–H groups in total. The lowest BCUT2D eigenvalue weighted by Gasteiger charge is -2.18. The molecule has 0 rings (SSSR count). The highest BCUT2D eigenvalue weighted by Gasteiger charge is 2.19. The number of rotatable bonds is 46. The molecule has 0 aromatic rings. The van der Waals surface area contributed by atoms with Crippen LogP contribution in [0.5, 0.6) is 0 Å². The minimum absolute atomic E-state index is 0.104. The summed E-state index contributed by atoms with van der Waals surface area (Å²) in [6, 6.07) is 0. The van der Waals surface area contributed by atoms with Gasteiger partial charge < -0.3 is 14.2 Å². The molecule has 0 heterocycles. The minimum Gasteiger partial charge on any atom is -0.462 e. The second-order valence-electron chi connectivity index (χ2n) is 17.1. The zero-order valence-corrected chi connectivity index (χ0v) is 41.1. The first kappa shape index (κ1) is 59.6. The summed E-state index contributed by atoms with van der Waals surface area (Å²) in [7, 11) is 0. The molecule has 63 heavy (non-hydrogen) atoms. The minimum atomic E-state index is -0.809. The average Bonchev–Trinajstić information content (AvgIpc) is 3.28. The summed E-state index contributed by atoms with van der Waals surface area (Å²) in [6.07, 6.45) is 65.6. The van der Waals surface area contributed by atoms with Crippen LogP contribution in [0.3, 0.4) is 0 Å². The molecule has 6 heteroatoms. The van der Waals surface area contributed by atoms with Gasteiger partial charge in [0.15, 0.2) is 6.10 Å². The van der Waals surface area contributed by atoms with Crippen molar-refractivity contribution in [3.05, 3.63) is 85.1 Å².